The van der Waals surface area contributed by atoms with Gasteiger partial charge in [-0.2, -0.15) is 8.42 Å². The van der Waals surface area contributed by atoms with Crippen molar-refractivity contribution in [1.29, 1.82) is 0 Å². The topological polar surface area (TPSA) is 74.6 Å². The Morgan fingerprint density at radius 1 is 0.667 bits per heavy atom. The molecule has 2 atom stereocenters. The molecule has 146 valence electrons. The number of hydrogen-bond acceptors (Lipinski definition) is 3. The normalized spacial score (nSPS) is 14.7. The highest BCUT2D eigenvalue weighted by Gasteiger charge is 2.21. The molecular formula is C19H40O4S. The molecular weight excluding hydrogens is 324 g/mol. The van der Waals surface area contributed by atoms with Crippen LogP contribution in [0.4, 0.5) is 0 Å². The van der Waals surface area contributed by atoms with Crippen molar-refractivity contribution in [2.24, 2.45) is 0 Å². The summed E-state index contributed by atoms with van der Waals surface area (Å²) in [6, 6.07) is 0. The smallest absolute Gasteiger partial charge is 0.267 e. The second kappa shape index (κ2) is 15.2. The summed E-state index contributed by atoms with van der Waals surface area (Å²) >= 11 is 0. The summed E-state index contributed by atoms with van der Waals surface area (Å²) in [7, 11) is -3.91. The lowest BCUT2D eigenvalue weighted by atomic mass is 10.0. The van der Waals surface area contributed by atoms with Gasteiger partial charge in [-0.05, 0) is 25.7 Å². The van der Waals surface area contributed by atoms with Crippen molar-refractivity contribution in [3.8, 4) is 0 Å². The molecule has 0 aliphatic heterocycles. The van der Waals surface area contributed by atoms with Crippen LogP contribution < -0.4 is 0 Å². The van der Waals surface area contributed by atoms with Crippen LogP contribution in [0.5, 0.6) is 0 Å². The molecule has 2 unspecified atom stereocenters. The lowest BCUT2D eigenvalue weighted by Gasteiger charge is -2.14. The largest absolute Gasteiger partial charge is 0.393 e. The summed E-state index contributed by atoms with van der Waals surface area (Å²) in [5, 5.41) is 9.27. The fraction of sp³-hybridized carbons (Fsp3) is 1.00. The SMILES string of the molecule is CCCCCCC(CCCCCCC(O)CCCCC)S(=O)(=O)O. The lowest BCUT2D eigenvalue weighted by Crippen LogP contribution is -2.20. The molecule has 5 heteroatoms. The number of aliphatic hydroxyl groups is 1. The molecule has 0 heterocycles. The average Bonchev–Trinajstić information content (AvgIpc) is 2.51. The number of rotatable bonds is 17. The maximum atomic E-state index is 11.5. The molecule has 0 aromatic heterocycles. The molecule has 24 heavy (non-hydrogen) atoms. The first-order chi connectivity index (χ1) is 11.4. The quantitative estimate of drug-likeness (QED) is 0.264. The van der Waals surface area contributed by atoms with Gasteiger partial charge < -0.3 is 5.11 Å². The Bertz CT molecular complexity index is 368. The van der Waals surface area contributed by atoms with Crippen LogP contribution in [0.25, 0.3) is 0 Å². The van der Waals surface area contributed by atoms with Crippen LogP contribution in [-0.4, -0.2) is 29.4 Å². The minimum absolute atomic E-state index is 0.180. The van der Waals surface area contributed by atoms with Crippen molar-refractivity contribution in [3.05, 3.63) is 0 Å². The Labute approximate surface area is 150 Å². The van der Waals surface area contributed by atoms with Gasteiger partial charge in [-0.25, -0.2) is 0 Å². The number of aliphatic hydroxyl groups excluding tert-OH is 1. The fourth-order valence-corrected chi connectivity index (χ4v) is 4.05. The van der Waals surface area contributed by atoms with E-state index in [0.717, 1.165) is 70.6 Å². The van der Waals surface area contributed by atoms with E-state index in [9.17, 15) is 18.1 Å². The summed E-state index contributed by atoms with van der Waals surface area (Å²) < 4.78 is 32.3. The average molecular weight is 365 g/mol. The molecule has 2 N–H and O–H groups in total. The zero-order valence-corrected chi connectivity index (χ0v) is 16.7. The van der Waals surface area contributed by atoms with Crippen LogP contribution >= 0.6 is 0 Å². The van der Waals surface area contributed by atoms with Gasteiger partial charge in [0.1, 0.15) is 0 Å². The highest BCUT2D eigenvalue weighted by Crippen LogP contribution is 2.19. The van der Waals surface area contributed by atoms with Crippen LogP contribution in [0.15, 0.2) is 0 Å². The third-order valence-electron chi connectivity index (χ3n) is 4.76. The monoisotopic (exact) mass is 364 g/mol. The molecule has 0 fully saturated rings. The first-order valence-corrected chi connectivity index (χ1v) is 11.6. The predicted molar refractivity (Wildman–Crippen MR) is 102 cm³/mol. The first-order valence-electron chi connectivity index (χ1n) is 10.1. The summed E-state index contributed by atoms with van der Waals surface area (Å²) in [5.41, 5.74) is 0. The van der Waals surface area contributed by atoms with Crippen molar-refractivity contribution in [2.45, 2.75) is 122 Å². The third kappa shape index (κ3) is 14.2. The second-order valence-corrected chi connectivity index (χ2v) is 8.82. The van der Waals surface area contributed by atoms with E-state index in [1.807, 2.05) is 0 Å². The van der Waals surface area contributed by atoms with Crippen LogP contribution in [0.3, 0.4) is 0 Å². The highest BCUT2D eigenvalue weighted by atomic mass is 32.2. The van der Waals surface area contributed by atoms with E-state index in [1.165, 1.54) is 12.8 Å². The molecule has 4 nitrogen and oxygen atoms in total. The van der Waals surface area contributed by atoms with Gasteiger partial charge in [0, 0.05) is 0 Å². The van der Waals surface area contributed by atoms with Gasteiger partial charge in [0.2, 0.25) is 0 Å². The van der Waals surface area contributed by atoms with Gasteiger partial charge in [-0.3, -0.25) is 4.55 Å². The van der Waals surface area contributed by atoms with E-state index in [-0.39, 0.29) is 6.10 Å². The molecule has 0 aliphatic carbocycles. The van der Waals surface area contributed by atoms with Gasteiger partial charge in [0.15, 0.2) is 0 Å². The summed E-state index contributed by atoms with van der Waals surface area (Å²) in [6.07, 6.45) is 14.2. The lowest BCUT2D eigenvalue weighted by molar-refractivity contribution is 0.147. The standard InChI is InChI=1S/C19H40O4S/c1-3-5-7-12-16-19(24(21,22)23)17-13-9-8-11-15-18(20)14-10-6-4-2/h18-20H,3-17H2,1-2H3,(H,21,22,23). The Balaban J connectivity index is 3.76. The molecule has 0 saturated carbocycles. The number of unbranched alkanes of at least 4 members (excludes halogenated alkanes) is 8. The van der Waals surface area contributed by atoms with E-state index in [2.05, 4.69) is 13.8 Å². The molecule has 0 rings (SSSR count). The first kappa shape index (κ1) is 23.9. The van der Waals surface area contributed by atoms with Crippen LogP contribution in [0.2, 0.25) is 0 Å². The van der Waals surface area contributed by atoms with E-state index < -0.39 is 15.4 Å². The Morgan fingerprint density at radius 2 is 1.04 bits per heavy atom. The predicted octanol–water partition coefficient (Wildman–Crippen LogP) is 5.50. The van der Waals surface area contributed by atoms with Crippen molar-refractivity contribution < 1.29 is 18.1 Å². The zero-order valence-electron chi connectivity index (χ0n) is 15.9. The molecule has 0 amide bonds. The highest BCUT2D eigenvalue weighted by molar-refractivity contribution is 7.86. The number of hydrogen-bond donors (Lipinski definition) is 2. The van der Waals surface area contributed by atoms with Crippen LogP contribution in [0, 0.1) is 0 Å². The second-order valence-electron chi connectivity index (χ2n) is 7.13. The van der Waals surface area contributed by atoms with Crippen molar-refractivity contribution in [1.82, 2.24) is 0 Å². The van der Waals surface area contributed by atoms with Crippen molar-refractivity contribution in [3.63, 3.8) is 0 Å². The summed E-state index contributed by atoms with van der Waals surface area (Å²) in [4.78, 5) is 0. The zero-order chi connectivity index (χ0) is 18.3. The Kier molecular flexibility index (Phi) is 15.1. The maximum absolute atomic E-state index is 11.5. The molecule has 0 bridgehead atoms. The van der Waals surface area contributed by atoms with Gasteiger partial charge in [0.05, 0.1) is 11.4 Å². The molecule has 0 saturated heterocycles. The van der Waals surface area contributed by atoms with Gasteiger partial charge in [0.25, 0.3) is 10.1 Å². The fourth-order valence-electron chi connectivity index (χ4n) is 3.12. The Hall–Kier alpha value is -0.130. The molecule has 0 aromatic rings. The molecule has 0 aromatic carbocycles. The summed E-state index contributed by atoms with van der Waals surface area (Å²) in [6.45, 7) is 4.29. The minimum Gasteiger partial charge on any atom is -0.393 e. The van der Waals surface area contributed by atoms with E-state index in [4.69, 9.17) is 0 Å². The van der Waals surface area contributed by atoms with Gasteiger partial charge >= 0.3 is 0 Å². The molecule has 0 radical (unpaired) electrons. The van der Waals surface area contributed by atoms with Crippen LogP contribution in [0.1, 0.15) is 110 Å². The summed E-state index contributed by atoms with van der Waals surface area (Å²) in [5.74, 6) is 0. The van der Waals surface area contributed by atoms with Crippen molar-refractivity contribution >= 4 is 10.1 Å². The molecule has 0 aliphatic rings. The van der Waals surface area contributed by atoms with Gasteiger partial charge in [-0.15, -0.1) is 0 Å². The van der Waals surface area contributed by atoms with E-state index in [0.29, 0.717) is 12.8 Å². The Morgan fingerprint density at radius 3 is 1.50 bits per heavy atom. The van der Waals surface area contributed by atoms with Gasteiger partial charge in [-0.1, -0.05) is 84.5 Å². The van der Waals surface area contributed by atoms with Crippen LogP contribution in [-0.2, 0) is 10.1 Å². The van der Waals surface area contributed by atoms with E-state index >= 15 is 0 Å². The molecule has 0 spiro atoms. The maximum Gasteiger partial charge on any atom is 0.267 e. The third-order valence-corrected chi connectivity index (χ3v) is 6.07. The minimum atomic E-state index is -3.91. The van der Waals surface area contributed by atoms with E-state index in [1.54, 1.807) is 0 Å². The van der Waals surface area contributed by atoms with Crippen molar-refractivity contribution in [2.75, 3.05) is 0 Å².